The highest BCUT2D eigenvalue weighted by Gasteiger charge is 2.29. The molecule has 2 aromatic carbocycles. The van der Waals surface area contributed by atoms with E-state index in [0.717, 1.165) is 26.4 Å². The maximum absolute atomic E-state index is 12.3. The summed E-state index contributed by atoms with van der Waals surface area (Å²) in [6, 6.07) is 13.6. The van der Waals surface area contributed by atoms with Gasteiger partial charge in [0.25, 0.3) is 5.91 Å². The zero-order valence-corrected chi connectivity index (χ0v) is 19.1. The summed E-state index contributed by atoms with van der Waals surface area (Å²) >= 11 is 1.64. The fraction of sp³-hybridized carbons (Fsp3) is 0.364. The minimum Gasteiger partial charge on any atom is -0.483 e. The number of aromatic nitrogens is 1. The number of sulfone groups is 1. The molecule has 1 aliphatic heterocycles. The lowest BCUT2D eigenvalue weighted by Gasteiger charge is -2.17. The van der Waals surface area contributed by atoms with E-state index < -0.39 is 9.84 Å². The first-order valence-corrected chi connectivity index (χ1v) is 12.7. The van der Waals surface area contributed by atoms with Crippen molar-refractivity contribution >= 4 is 37.3 Å². The van der Waals surface area contributed by atoms with Crippen LogP contribution in [0.25, 0.3) is 20.8 Å². The Hall–Kier alpha value is -2.49. The zero-order valence-electron chi connectivity index (χ0n) is 17.5. The van der Waals surface area contributed by atoms with E-state index in [2.05, 4.69) is 17.4 Å². The van der Waals surface area contributed by atoms with Gasteiger partial charge >= 0.3 is 0 Å². The normalized spacial score (nSPS) is 17.8. The quantitative estimate of drug-likeness (QED) is 0.585. The molecule has 3 aromatic rings. The van der Waals surface area contributed by atoms with Crippen LogP contribution in [0.1, 0.15) is 12.0 Å². The summed E-state index contributed by atoms with van der Waals surface area (Å²) in [6.07, 6.45) is 0.455. The Balaban J connectivity index is 1.48. The van der Waals surface area contributed by atoms with E-state index in [-0.39, 0.29) is 30.1 Å². The first-order chi connectivity index (χ1) is 14.8. The van der Waals surface area contributed by atoms with Crippen molar-refractivity contribution in [2.45, 2.75) is 19.0 Å². The Morgan fingerprint density at radius 2 is 2.06 bits per heavy atom. The van der Waals surface area contributed by atoms with Crippen molar-refractivity contribution in [1.29, 1.82) is 0 Å². The Labute approximate surface area is 186 Å². The minimum atomic E-state index is -3.04. The third kappa shape index (κ3) is 5.41. The molecule has 1 fully saturated rings. The van der Waals surface area contributed by atoms with Crippen molar-refractivity contribution in [3.8, 4) is 16.3 Å². The molecule has 0 aliphatic carbocycles. The van der Waals surface area contributed by atoms with Crippen LogP contribution in [0, 0.1) is 0 Å². The third-order valence-corrected chi connectivity index (χ3v) is 7.90. The van der Waals surface area contributed by atoms with E-state index in [1.165, 1.54) is 0 Å². The van der Waals surface area contributed by atoms with Crippen LogP contribution < -0.4 is 10.1 Å². The number of ether oxygens (including phenoxy) is 1. The van der Waals surface area contributed by atoms with E-state index in [9.17, 15) is 13.2 Å². The molecule has 9 heteroatoms. The molecule has 1 aromatic heterocycles. The minimum absolute atomic E-state index is 0.00147. The standard InChI is InChI=1S/C22H25N3O4S2/c1-25(2)12-16-11-15(22-24-18-5-3-4-6-20(18)30-22)7-8-19(16)29-13-21(26)23-17-9-10-31(27,28)14-17/h3-8,11,17H,9-10,12-14H2,1-2H3,(H,23,26). The van der Waals surface area contributed by atoms with Crippen LogP contribution in [0.3, 0.4) is 0 Å². The molecule has 1 unspecified atom stereocenters. The summed E-state index contributed by atoms with van der Waals surface area (Å²) in [7, 11) is 0.912. The van der Waals surface area contributed by atoms with Crippen LogP contribution >= 0.6 is 11.3 Å². The van der Waals surface area contributed by atoms with Crippen LogP contribution in [0.5, 0.6) is 5.75 Å². The molecule has 1 N–H and O–H groups in total. The SMILES string of the molecule is CN(C)Cc1cc(-c2nc3ccccc3s2)ccc1OCC(=O)NC1CCS(=O)(=O)C1. The monoisotopic (exact) mass is 459 g/mol. The van der Waals surface area contributed by atoms with Crippen LogP contribution in [0.2, 0.25) is 0 Å². The van der Waals surface area contributed by atoms with E-state index in [1.807, 2.05) is 49.3 Å². The lowest BCUT2D eigenvalue weighted by atomic mass is 10.1. The molecule has 1 atom stereocenters. The van der Waals surface area contributed by atoms with Gasteiger partial charge in [-0.3, -0.25) is 4.79 Å². The second-order valence-corrected chi connectivity index (χ2v) is 11.3. The number of benzene rings is 2. The van der Waals surface area contributed by atoms with Crippen LogP contribution in [-0.2, 0) is 21.2 Å². The number of carbonyl (C=O) groups excluding carboxylic acids is 1. The maximum Gasteiger partial charge on any atom is 0.258 e. The lowest BCUT2D eigenvalue weighted by Crippen LogP contribution is -2.38. The van der Waals surface area contributed by atoms with Crippen LogP contribution in [0.4, 0.5) is 0 Å². The molecule has 31 heavy (non-hydrogen) atoms. The Kier molecular flexibility index (Phi) is 6.27. The fourth-order valence-corrected chi connectivity index (χ4v) is 6.27. The maximum atomic E-state index is 12.3. The second kappa shape index (κ2) is 8.94. The van der Waals surface area contributed by atoms with E-state index in [4.69, 9.17) is 9.72 Å². The Bertz CT molecular complexity index is 1170. The molecule has 2 heterocycles. The molecule has 0 radical (unpaired) electrons. The van der Waals surface area contributed by atoms with E-state index >= 15 is 0 Å². The van der Waals surface area contributed by atoms with E-state index in [1.54, 1.807) is 11.3 Å². The molecule has 0 spiro atoms. The third-order valence-electron chi connectivity index (χ3n) is 5.04. The van der Waals surface area contributed by atoms with Gasteiger partial charge in [0.2, 0.25) is 0 Å². The number of nitrogens with one attached hydrogen (secondary N) is 1. The molecule has 1 amide bonds. The van der Waals surface area contributed by atoms with Gasteiger partial charge in [-0.05, 0) is 50.8 Å². The van der Waals surface area contributed by atoms with Crippen LogP contribution in [0.15, 0.2) is 42.5 Å². The van der Waals surface area contributed by atoms with Gasteiger partial charge in [-0.25, -0.2) is 13.4 Å². The van der Waals surface area contributed by atoms with Gasteiger partial charge in [0, 0.05) is 23.7 Å². The van der Waals surface area contributed by atoms with Crippen molar-refractivity contribution in [2.24, 2.45) is 0 Å². The number of hydrogen-bond acceptors (Lipinski definition) is 7. The summed E-state index contributed by atoms with van der Waals surface area (Å²) in [5.74, 6) is 0.446. The summed E-state index contributed by atoms with van der Waals surface area (Å²) in [5.41, 5.74) is 2.94. The molecule has 1 saturated heterocycles. The van der Waals surface area contributed by atoms with Gasteiger partial charge in [0.05, 0.1) is 21.7 Å². The van der Waals surface area contributed by atoms with E-state index in [0.29, 0.717) is 18.7 Å². The summed E-state index contributed by atoms with van der Waals surface area (Å²) < 4.78 is 30.1. The highest BCUT2D eigenvalue weighted by Crippen LogP contribution is 2.33. The number of carbonyl (C=O) groups is 1. The molecular formula is C22H25N3O4S2. The first kappa shape index (κ1) is 21.7. The van der Waals surface area contributed by atoms with Gasteiger partial charge in [0.1, 0.15) is 10.8 Å². The number of hydrogen-bond donors (Lipinski definition) is 1. The lowest BCUT2D eigenvalue weighted by molar-refractivity contribution is -0.123. The van der Waals surface area contributed by atoms with Gasteiger partial charge in [0.15, 0.2) is 16.4 Å². The average Bonchev–Trinajstić information content (AvgIpc) is 3.29. The molecule has 0 bridgehead atoms. The van der Waals surface area contributed by atoms with Crippen molar-refractivity contribution in [1.82, 2.24) is 15.2 Å². The smallest absolute Gasteiger partial charge is 0.258 e. The molecule has 0 saturated carbocycles. The fourth-order valence-electron chi connectivity index (χ4n) is 3.63. The predicted molar refractivity (Wildman–Crippen MR) is 123 cm³/mol. The number of nitrogens with zero attached hydrogens (tertiary/aromatic N) is 2. The van der Waals surface area contributed by atoms with Crippen LogP contribution in [-0.4, -0.2) is 62.5 Å². The molecule has 164 valence electrons. The first-order valence-electron chi connectivity index (χ1n) is 10.1. The molecule has 4 rings (SSSR count). The Morgan fingerprint density at radius 3 is 2.77 bits per heavy atom. The zero-order chi connectivity index (χ0) is 22.0. The number of thiazole rings is 1. The highest BCUT2D eigenvalue weighted by atomic mass is 32.2. The number of rotatable bonds is 7. The summed E-state index contributed by atoms with van der Waals surface area (Å²) in [6.45, 7) is 0.494. The second-order valence-electron chi connectivity index (χ2n) is 8.00. The Morgan fingerprint density at radius 1 is 1.26 bits per heavy atom. The topological polar surface area (TPSA) is 88.6 Å². The molecule has 1 aliphatic rings. The van der Waals surface area contributed by atoms with Gasteiger partial charge in [-0.15, -0.1) is 11.3 Å². The van der Waals surface area contributed by atoms with Crippen molar-refractivity contribution in [2.75, 3.05) is 32.2 Å². The van der Waals surface area contributed by atoms with Crippen molar-refractivity contribution < 1.29 is 17.9 Å². The number of amides is 1. The molecular weight excluding hydrogens is 434 g/mol. The predicted octanol–water partition coefficient (Wildman–Crippen LogP) is 2.71. The summed E-state index contributed by atoms with van der Waals surface area (Å²) in [4.78, 5) is 19.0. The van der Waals surface area contributed by atoms with Gasteiger partial charge in [-0.1, -0.05) is 12.1 Å². The van der Waals surface area contributed by atoms with Gasteiger partial charge < -0.3 is 15.0 Å². The number of fused-ring (bicyclic) bond motifs is 1. The van der Waals surface area contributed by atoms with Crippen molar-refractivity contribution in [3.63, 3.8) is 0 Å². The number of para-hydroxylation sites is 1. The average molecular weight is 460 g/mol. The van der Waals surface area contributed by atoms with Crippen molar-refractivity contribution in [3.05, 3.63) is 48.0 Å². The molecule has 7 nitrogen and oxygen atoms in total. The largest absolute Gasteiger partial charge is 0.483 e. The van der Waals surface area contributed by atoms with Gasteiger partial charge in [-0.2, -0.15) is 0 Å². The highest BCUT2D eigenvalue weighted by molar-refractivity contribution is 7.91. The summed E-state index contributed by atoms with van der Waals surface area (Å²) in [5, 5.41) is 3.69.